The number of morpholine rings is 1. The van der Waals surface area contributed by atoms with Crippen molar-refractivity contribution >= 4 is 11.6 Å². The fourth-order valence-corrected chi connectivity index (χ4v) is 1.78. The first kappa shape index (κ1) is 12.1. The minimum Gasteiger partial charge on any atom is -0.366 e. The normalized spacial score (nSPS) is 19.9. The van der Waals surface area contributed by atoms with E-state index in [0.29, 0.717) is 13.2 Å². The van der Waals surface area contributed by atoms with Crippen molar-refractivity contribution in [2.24, 2.45) is 0 Å². The Labute approximate surface area is 101 Å². The van der Waals surface area contributed by atoms with Crippen LogP contribution in [0.5, 0.6) is 0 Å². The Bertz CT molecular complexity index is 370. The summed E-state index contributed by atoms with van der Waals surface area (Å²) in [5, 5.41) is 5.99. The number of nitrogens with one attached hydrogen (secondary N) is 2. The van der Waals surface area contributed by atoms with Crippen molar-refractivity contribution in [1.82, 2.24) is 5.32 Å². The lowest BCUT2D eigenvalue weighted by molar-refractivity contribution is -0.128. The third-order valence-corrected chi connectivity index (χ3v) is 2.85. The predicted octanol–water partition coefficient (Wildman–Crippen LogP) is 1.18. The van der Waals surface area contributed by atoms with Gasteiger partial charge in [0.2, 0.25) is 0 Å². The molecule has 1 amide bonds. The molecule has 0 aliphatic carbocycles. The highest BCUT2D eigenvalue weighted by atomic mass is 16.5. The second-order valence-corrected chi connectivity index (χ2v) is 4.10. The van der Waals surface area contributed by atoms with E-state index in [9.17, 15) is 4.79 Å². The van der Waals surface area contributed by atoms with E-state index in [0.717, 1.165) is 18.7 Å². The van der Waals surface area contributed by atoms with Crippen LogP contribution in [0, 0.1) is 0 Å². The van der Waals surface area contributed by atoms with Gasteiger partial charge in [0.25, 0.3) is 5.91 Å². The second kappa shape index (κ2) is 5.80. The summed E-state index contributed by atoms with van der Waals surface area (Å²) in [6.45, 7) is 4.09. The van der Waals surface area contributed by atoms with Crippen molar-refractivity contribution < 1.29 is 9.53 Å². The van der Waals surface area contributed by atoms with Gasteiger partial charge in [0.15, 0.2) is 0 Å². The highest BCUT2D eigenvalue weighted by Gasteiger charge is 2.21. The number of benzene rings is 1. The zero-order valence-electron chi connectivity index (χ0n) is 10.0. The number of carbonyl (C=O) groups excluding carboxylic acids is 1. The lowest BCUT2D eigenvalue weighted by atomic mass is 10.1. The molecular formula is C13H18N2O2. The van der Waals surface area contributed by atoms with Crippen molar-refractivity contribution in [3.63, 3.8) is 0 Å². The van der Waals surface area contributed by atoms with Crippen molar-refractivity contribution in [1.29, 1.82) is 0 Å². The van der Waals surface area contributed by atoms with E-state index in [2.05, 4.69) is 17.6 Å². The molecule has 0 spiro atoms. The molecule has 0 radical (unpaired) electrons. The molecule has 0 bridgehead atoms. The number of ether oxygens (including phenoxy) is 1. The molecule has 1 saturated heterocycles. The Balaban J connectivity index is 1.92. The first-order valence-electron chi connectivity index (χ1n) is 6.01. The zero-order chi connectivity index (χ0) is 12.1. The summed E-state index contributed by atoms with van der Waals surface area (Å²) in [6.07, 6.45) is 0.624. The lowest BCUT2D eigenvalue weighted by Crippen LogP contribution is -2.45. The third-order valence-electron chi connectivity index (χ3n) is 2.85. The highest BCUT2D eigenvalue weighted by molar-refractivity contribution is 5.94. The summed E-state index contributed by atoms with van der Waals surface area (Å²) < 4.78 is 5.38. The average Bonchev–Trinajstić information content (AvgIpc) is 2.40. The highest BCUT2D eigenvalue weighted by Crippen LogP contribution is 2.11. The number of aryl methyl sites for hydroxylation is 1. The molecule has 17 heavy (non-hydrogen) atoms. The molecule has 0 aromatic heterocycles. The van der Waals surface area contributed by atoms with Gasteiger partial charge in [-0.1, -0.05) is 19.1 Å². The molecule has 4 nitrogen and oxygen atoms in total. The van der Waals surface area contributed by atoms with Gasteiger partial charge >= 0.3 is 0 Å². The number of hydrogen-bond acceptors (Lipinski definition) is 3. The Morgan fingerprint density at radius 3 is 2.82 bits per heavy atom. The van der Waals surface area contributed by atoms with Crippen molar-refractivity contribution in [3.05, 3.63) is 29.8 Å². The Hall–Kier alpha value is -1.39. The maximum atomic E-state index is 11.8. The van der Waals surface area contributed by atoms with Crippen LogP contribution in [-0.2, 0) is 16.0 Å². The number of hydrogen-bond donors (Lipinski definition) is 2. The molecule has 1 aromatic rings. The van der Waals surface area contributed by atoms with Crippen LogP contribution in [-0.4, -0.2) is 31.7 Å². The molecule has 0 saturated carbocycles. The monoisotopic (exact) mass is 234 g/mol. The van der Waals surface area contributed by atoms with Crippen LogP contribution in [0.3, 0.4) is 0 Å². The maximum absolute atomic E-state index is 11.8. The number of amides is 1. The number of anilines is 1. The third kappa shape index (κ3) is 3.28. The summed E-state index contributed by atoms with van der Waals surface area (Å²) >= 11 is 0. The molecule has 1 unspecified atom stereocenters. The van der Waals surface area contributed by atoms with Crippen LogP contribution < -0.4 is 10.6 Å². The molecule has 2 N–H and O–H groups in total. The first-order chi connectivity index (χ1) is 8.29. The Morgan fingerprint density at radius 1 is 1.47 bits per heavy atom. The van der Waals surface area contributed by atoms with Crippen molar-refractivity contribution in [2.75, 3.05) is 25.0 Å². The molecule has 1 heterocycles. The maximum Gasteiger partial charge on any atom is 0.254 e. The summed E-state index contributed by atoms with van der Waals surface area (Å²) in [6, 6.07) is 7.89. The van der Waals surface area contributed by atoms with Gasteiger partial charge in [-0.15, -0.1) is 0 Å². The smallest absolute Gasteiger partial charge is 0.254 e. The largest absolute Gasteiger partial charge is 0.366 e. The van der Waals surface area contributed by atoms with Crippen molar-refractivity contribution in [3.8, 4) is 0 Å². The number of rotatable bonds is 3. The summed E-state index contributed by atoms with van der Waals surface area (Å²) in [4.78, 5) is 11.8. The van der Waals surface area contributed by atoms with Crippen LogP contribution in [0.4, 0.5) is 5.69 Å². The van der Waals surface area contributed by atoms with Gasteiger partial charge in [0.1, 0.15) is 6.10 Å². The zero-order valence-corrected chi connectivity index (χ0v) is 10.0. The van der Waals surface area contributed by atoms with E-state index in [1.807, 2.05) is 24.3 Å². The van der Waals surface area contributed by atoms with Crippen LogP contribution in [0.25, 0.3) is 0 Å². The van der Waals surface area contributed by atoms with Gasteiger partial charge in [-0.2, -0.15) is 0 Å². The quantitative estimate of drug-likeness (QED) is 0.825. The van der Waals surface area contributed by atoms with Crippen LogP contribution >= 0.6 is 0 Å². The van der Waals surface area contributed by atoms with E-state index in [1.165, 1.54) is 5.56 Å². The van der Waals surface area contributed by atoms with Crippen LogP contribution in [0.1, 0.15) is 12.5 Å². The molecule has 1 aliphatic rings. The predicted molar refractivity (Wildman–Crippen MR) is 67.1 cm³/mol. The fraction of sp³-hybridized carbons (Fsp3) is 0.462. The van der Waals surface area contributed by atoms with Gasteiger partial charge in [-0.3, -0.25) is 4.79 Å². The molecule has 1 atom stereocenters. The molecular weight excluding hydrogens is 216 g/mol. The molecule has 1 aromatic carbocycles. The van der Waals surface area contributed by atoms with Gasteiger partial charge in [-0.25, -0.2) is 0 Å². The topological polar surface area (TPSA) is 50.4 Å². The number of carbonyl (C=O) groups is 1. The van der Waals surface area contributed by atoms with E-state index in [-0.39, 0.29) is 12.0 Å². The molecule has 4 heteroatoms. The fourth-order valence-electron chi connectivity index (χ4n) is 1.78. The van der Waals surface area contributed by atoms with E-state index in [1.54, 1.807) is 0 Å². The Kier molecular flexibility index (Phi) is 4.12. The second-order valence-electron chi connectivity index (χ2n) is 4.10. The minimum atomic E-state index is -0.380. The van der Waals surface area contributed by atoms with Crippen molar-refractivity contribution in [2.45, 2.75) is 19.4 Å². The van der Waals surface area contributed by atoms with Crippen LogP contribution in [0.15, 0.2) is 24.3 Å². The SMILES string of the molecule is CCc1ccc(NC(=O)C2CNCCO2)cc1. The molecule has 1 fully saturated rings. The summed E-state index contributed by atoms with van der Waals surface area (Å²) in [5.41, 5.74) is 2.08. The first-order valence-corrected chi connectivity index (χ1v) is 6.01. The minimum absolute atomic E-state index is 0.0820. The van der Waals surface area contributed by atoms with E-state index in [4.69, 9.17) is 4.74 Å². The van der Waals surface area contributed by atoms with E-state index < -0.39 is 0 Å². The molecule has 92 valence electrons. The van der Waals surface area contributed by atoms with Crippen LogP contribution in [0.2, 0.25) is 0 Å². The lowest BCUT2D eigenvalue weighted by Gasteiger charge is -2.22. The standard InChI is InChI=1S/C13H18N2O2/c1-2-10-3-5-11(6-4-10)15-13(16)12-9-14-7-8-17-12/h3-6,12,14H,2,7-9H2,1H3,(H,15,16). The Morgan fingerprint density at radius 2 is 2.24 bits per heavy atom. The summed E-state index contributed by atoms with van der Waals surface area (Å²) in [5.74, 6) is -0.0820. The van der Waals surface area contributed by atoms with Gasteiger partial charge in [0.05, 0.1) is 6.61 Å². The average molecular weight is 234 g/mol. The van der Waals surface area contributed by atoms with Gasteiger partial charge < -0.3 is 15.4 Å². The van der Waals surface area contributed by atoms with Gasteiger partial charge in [0, 0.05) is 18.8 Å². The summed E-state index contributed by atoms with van der Waals surface area (Å²) in [7, 11) is 0. The molecule has 1 aliphatic heterocycles. The van der Waals surface area contributed by atoms with E-state index >= 15 is 0 Å². The van der Waals surface area contributed by atoms with Gasteiger partial charge in [-0.05, 0) is 24.1 Å². The molecule has 2 rings (SSSR count).